The molecule has 0 saturated heterocycles. The number of carbonyl (C=O) groups is 1. The van der Waals surface area contributed by atoms with Crippen molar-refractivity contribution in [3.63, 3.8) is 0 Å². The van der Waals surface area contributed by atoms with Crippen molar-refractivity contribution >= 4 is 35.1 Å². The van der Waals surface area contributed by atoms with E-state index in [9.17, 15) is 4.79 Å². The highest BCUT2D eigenvalue weighted by Crippen LogP contribution is 2.24. The molecule has 1 rings (SSSR count). The van der Waals surface area contributed by atoms with Gasteiger partial charge in [0, 0.05) is 46.9 Å². The molecule has 0 atom stereocenters. The second-order valence-electron chi connectivity index (χ2n) is 4.72. The topological polar surface area (TPSA) is 61.7 Å². The van der Waals surface area contributed by atoms with Crippen molar-refractivity contribution in [2.45, 2.75) is 13.0 Å². The predicted molar refractivity (Wildman–Crippen MR) is 86.9 cm³/mol. The van der Waals surface area contributed by atoms with E-state index in [1.54, 1.807) is 36.7 Å². The number of nitrogens with one attached hydrogen (secondary N) is 2. The number of guanidine groups is 1. The Bertz CT molecular complexity index is 525. The fourth-order valence-electron chi connectivity index (χ4n) is 1.66. The molecule has 0 fully saturated rings. The fraction of sp³-hybridized carbons (Fsp3) is 0.538. The van der Waals surface area contributed by atoms with E-state index >= 15 is 0 Å². The van der Waals surface area contributed by atoms with Gasteiger partial charge in [0.2, 0.25) is 5.91 Å². The van der Waals surface area contributed by atoms with Crippen LogP contribution in [0.3, 0.4) is 0 Å². The summed E-state index contributed by atoms with van der Waals surface area (Å²) in [4.78, 5) is 17.1. The number of halogens is 2. The molecule has 0 spiro atoms. The summed E-state index contributed by atoms with van der Waals surface area (Å²) < 4.78 is 1.81. The summed E-state index contributed by atoms with van der Waals surface area (Å²) in [5.74, 6) is 0.689. The Kier molecular flexibility index (Phi) is 6.84. The fourth-order valence-corrected chi connectivity index (χ4v) is 2.08. The normalized spacial score (nSPS) is 11.4. The van der Waals surface area contributed by atoms with Crippen molar-refractivity contribution in [2.24, 2.45) is 12.0 Å². The van der Waals surface area contributed by atoms with E-state index in [2.05, 4.69) is 15.6 Å². The van der Waals surface area contributed by atoms with Gasteiger partial charge in [-0.05, 0) is 6.07 Å². The molecular formula is C13H21Cl2N5O. The maximum Gasteiger partial charge on any atom is 0.223 e. The summed E-state index contributed by atoms with van der Waals surface area (Å²) in [5.41, 5.74) is 0.942. The Morgan fingerprint density at radius 2 is 2.05 bits per heavy atom. The predicted octanol–water partition coefficient (Wildman–Crippen LogP) is 1.48. The third-order valence-corrected chi connectivity index (χ3v) is 3.85. The molecule has 118 valence electrons. The van der Waals surface area contributed by atoms with Crippen LogP contribution >= 0.6 is 23.2 Å². The largest absolute Gasteiger partial charge is 0.356 e. The summed E-state index contributed by atoms with van der Waals surface area (Å²) in [6, 6.07) is 1.81. The Balaban J connectivity index is 2.45. The van der Waals surface area contributed by atoms with E-state index < -0.39 is 0 Å². The third kappa shape index (κ3) is 5.13. The summed E-state index contributed by atoms with van der Waals surface area (Å²) >= 11 is 12.0. The second-order valence-corrected chi connectivity index (χ2v) is 5.49. The lowest BCUT2D eigenvalue weighted by atomic mass is 10.4. The van der Waals surface area contributed by atoms with Gasteiger partial charge in [0.1, 0.15) is 5.15 Å². The summed E-state index contributed by atoms with van der Waals surface area (Å²) in [7, 11) is 6.99. The van der Waals surface area contributed by atoms with Crippen LogP contribution in [0.25, 0.3) is 0 Å². The van der Waals surface area contributed by atoms with E-state index in [1.807, 2.05) is 7.05 Å². The highest BCUT2D eigenvalue weighted by Gasteiger charge is 2.09. The molecule has 8 heteroatoms. The molecule has 0 aromatic carbocycles. The van der Waals surface area contributed by atoms with Gasteiger partial charge < -0.3 is 20.1 Å². The minimum atomic E-state index is 0.0685. The van der Waals surface area contributed by atoms with Crippen molar-refractivity contribution in [3.05, 3.63) is 21.9 Å². The Labute approximate surface area is 135 Å². The van der Waals surface area contributed by atoms with Crippen molar-refractivity contribution < 1.29 is 4.79 Å². The van der Waals surface area contributed by atoms with Gasteiger partial charge in [-0.2, -0.15) is 0 Å². The smallest absolute Gasteiger partial charge is 0.223 e. The van der Waals surface area contributed by atoms with Gasteiger partial charge in [-0.25, -0.2) is 0 Å². The molecule has 0 aliphatic heterocycles. The highest BCUT2D eigenvalue weighted by atomic mass is 35.5. The van der Waals surface area contributed by atoms with Crippen molar-refractivity contribution in [1.82, 2.24) is 20.1 Å². The van der Waals surface area contributed by atoms with E-state index in [0.717, 1.165) is 5.69 Å². The van der Waals surface area contributed by atoms with Crippen LogP contribution in [0, 0.1) is 0 Å². The van der Waals surface area contributed by atoms with Crippen molar-refractivity contribution in [3.8, 4) is 0 Å². The zero-order valence-corrected chi connectivity index (χ0v) is 14.2. The first-order valence-electron chi connectivity index (χ1n) is 6.51. The van der Waals surface area contributed by atoms with E-state index in [4.69, 9.17) is 23.2 Å². The number of carbonyl (C=O) groups excluding carboxylic acids is 1. The van der Waals surface area contributed by atoms with E-state index in [-0.39, 0.29) is 5.91 Å². The average molecular weight is 334 g/mol. The van der Waals surface area contributed by atoms with E-state index in [1.165, 1.54) is 0 Å². The molecule has 2 N–H and O–H groups in total. The Morgan fingerprint density at radius 3 is 2.52 bits per heavy atom. The monoisotopic (exact) mass is 333 g/mol. The maximum absolute atomic E-state index is 11.5. The molecule has 0 unspecified atom stereocenters. The third-order valence-electron chi connectivity index (χ3n) is 3.01. The molecule has 1 amide bonds. The number of aliphatic imine (C=N–C) groups is 1. The quantitative estimate of drug-likeness (QED) is 0.633. The van der Waals surface area contributed by atoms with Crippen LogP contribution in [-0.2, 0) is 18.4 Å². The highest BCUT2D eigenvalue weighted by molar-refractivity contribution is 6.41. The van der Waals surface area contributed by atoms with Crippen LogP contribution in [-0.4, -0.2) is 49.0 Å². The summed E-state index contributed by atoms with van der Waals surface area (Å²) in [5, 5.41) is 7.26. The van der Waals surface area contributed by atoms with Crippen LogP contribution in [0.1, 0.15) is 12.1 Å². The molecule has 1 heterocycles. The van der Waals surface area contributed by atoms with Gasteiger partial charge in [0.05, 0.1) is 11.6 Å². The SMILES string of the molecule is CN=C(NCCC(=O)N(C)C)NCc1cc(Cl)c(Cl)n1C. The number of nitrogens with zero attached hydrogens (tertiary/aromatic N) is 3. The van der Waals surface area contributed by atoms with Crippen LogP contribution in [0.5, 0.6) is 0 Å². The van der Waals surface area contributed by atoms with Crippen LogP contribution in [0.2, 0.25) is 10.2 Å². The molecule has 1 aromatic heterocycles. The molecule has 0 saturated carbocycles. The zero-order chi connectivity index (χ0) is 16.0. The van der Waals surface area contributed by atoms with Crippen molar-refractivity contribution in [2.75, 3.05) is 27.7 Å². The number of aromatic nitrogens is 1. The first-order valence-corrected chi connectivity index (χ1v) is 7.26. The van der Waals surface area contributed by atoms with E-state index in [0.29, 0.717) is 35.6 Å². The molecule has 0 aliphatic rings. The molecule has 21 heavy (non-hydrogen) atoms. The maximum atomic E-state index is 11.5. The lowest BCUT2D eigenvalue weighted by Crippen LogP contribution is -2.39. The summed E-state index contributed by atoms with van der Waals surface area (Å²) in [6.07, 6.45) is 0.412. The van der Waals surface area contributed by atoms with Crippen LogP contribution < -0.4 is 10.6 Å². The standard InChI is InChI=1S/C13H21Cl2N5O/c1-16-13(17-6-5-11(21)19(2)3)18-8-9-7-10(14)12(15)20(9)4/h7H,5-6,8H2,1-4H3,(H2,16,17,18). The van der Waals surface area contributed by atoms with Crippen LogP contribution in [0.15, 0.2) is 11.1 Å². The molecule has 1 aromatic rings. The zero-order valence-electron chi connectivity index (χ0n) is 12.7. The molecule has 0 bridgehead atoms. The molecule has 6 nitrogen and oxygen atoms in total. The number of amides is 1. The first kappa shape index (κ1) is 17.7. The number of rotatable bonds is 5. The molecule has 0 aliphatic carbocycles. The lowest BCUT2D eigenvalue weighted by molar-refractivity contribution is -0.128. The van der Waals surface area contributed by atoms with Gasteiger partial charge in [-0.1, -0.05) is 23.2 Å². The van der Waals surface area contributed by atoms with Gasteiger partial charge in [-0.3, -0.25) is 9.79 Å². The van der Waals surface area contributed by atoms with Gasteiger partial charge in [-0.15, -0.1) is 0 Å². The first-order chi connectivity index (χ1) is 9.86. The minimum absolute atomic E-state index is 0.0685. The Hall–Kier alpha value is -1.40. The second kappa shape index (κ2) is 8.14. The van der Waals surface area contributed by atoms with Gasteiger partial charge >= 0.3 is 0 Å². The molecular weight excluding hydrogens is 313 g/mol. The number of hydrogen-bond donors (Lipinski definition) is 2. The minimum Gasteiger partial charge on any atom is -0.356 e. The summed E-state index contributed by atoms with van der Waals surface area (Å²) in [6.45, 7) is 1.05. The van der Waals surface area contributed by atoms with Gasteiger partial charge in [0.15, 0.2) is 5.96 Å². The van der Waals surface area contributed by atoms with Crippen LogP contribution in [0.4, 0.5) is 0 Å². The average Bonchev–Trinajstić information content (AvgIpc) is 2.69. The number of hydrogen-bond acceptors (Lipinski definition) is 2. The van der Waals surface area contributed by atoms with Gasteiger partial charge in [0.25, 0.3) is 0 Å². The van der Waals surface area contributed by atoms with Crippen molar-refractivity contribution in [1.29, 1.82) is 0 Å². The molecule has 0 radical (unpaired) electrons. The Morgan fingerprint density at radius 1 is 1.38 bits per heavy atom. The lowest BCUT2D eigenvalue weighted by Gasteiger charge is -2.14.